The molecule has 0 bridgehead atoms. The number of ether oxygens (including phenoxy) is 3. The third kappa shape index (κ3) is 56.1. The highest BCUT2D eigenvalue weighted by Crippen LogP contribution is 2.15. The minimum atomic E-state index is -0.844. The third-order valence-electron chi connectivity index (χ3n) is 11.4. The molecule has 0 aliphatic carbocycles. The number of allylic oxidation sites excluding steroid dienone is 24. The van der Waals surface area contributed by atoms with Gasteiger partial charge in [-0.3, -0.25) is 14.4 Å². The molecule has 0 unspecified atom stereocenters. The van der Waals surface area contributed by atoms with Crippen LogP contribution in [0.4, 0.5) is 0 Å². The first-order chi connectivity index (χ1) is 35.0. The summed E-state index contributed by atoms with van der Waals surface area (Å²) in [5, 5.41) is 0. The van der Waals surface area contributed by atoms with Crippen LogP contribution in [0, 0.1) is 0 Å². The van der Waals surface area contributed by atoms with Crippen molar-refractivity contribution in [3.63, 3.8) is 0 Å². The van der Waals surface area contributed by atoms with Crippen LogP contribution in [-0.4, -0.2) is 37.2 Å². The zero-order valence-electron chi connectivity index (χ0n) is 45.4. The van der Waals surface area contributed by atoms with Gasteiger partial charge in [-0.25, -0.2) is 0 Å². The van der Waals surface area contributed by atoms with Crippen LogP contribution in [0.25, 0.3) is 0 Å². The number of hydrogen-bond donors (Lipinski definition) is 0. The van der Waals surface area contributed by atoms with Gasteiger partial charge < -0.3 is 14.2 Å². The monoisotopic (exact) mass is 979 g/mol. The van der Waals surface area contributed by atoms with Gasteiger partial charge in [-0.1, -0.05) is 256 Å². The number of carbonyl (C=O) groups is 3. The predicted octanol–water partition coefficient (Wildman–Crippen LogP) is 19.2. The van der Waals surface area contributed by atoms with Crippen LogP contribution < -0.4 is 0 Å². The second-order valence-electron chi connectivity index (χ2n) is 18.1. The van der Waals surface area contributed by atoms with Gasteiger partial charge in [-0.2, -0.15) is 0 Å². The Morgan fingerprint density at radius 3 is 0.831 bits per heavy atom. The van der Waals surface area contributed by atoms with E-state index in [4.69, 9.17) is 14.2 Å². The fraction of sp³-hybridized carbons (Fsp3) is 0.585. The molecule has 0 fully saturated rings. The Labute approximate surface area is 436 Å². The Morgan fingerprint density at radius 2 is 0.549 bits per heavy atom. The Balaban J connectivity index is 4.62. The molecule has 0 radical (unpaired) electrons. The van der Waals surface area contributed by atoms with Gasteiger partial charge in [0.05, 0.1) is 0 Å². The van der Waals surface area contributed by atoms with Gasteiger partial charge in [-0.15, -0.1) is 0 Å². The predicted molar refractivity (Wildman–Crippen MR) is 306 cm³/mol. The van der Waals surface area contributed by atoms with E-state index in [-0.39, 0.29) is 44.0 Å². The van der Waals surface area contributed by atoms with Crippen LogP contribution in [0.3, 0.4) is 0 Å². The minimum Gasteiger partial charge on any atom is -0.462 e. The summed E-state index contributed by atoms with van der Waals surface area (Å²) in [5.74, 6) is -1.11. The van der Waals surface area contributed by atoms with Crippen LogP contribution in [0.5, 0.6) is 0 Å². The van der Waals surface area contributed by atoms with Crippen molar-refractivity contribution in [3.8, 4) is 0 Å². The molecule has 0 rings (SSSR count). The van der Waals surface area contributed by atoms with Crippen molar-refractivity contribution in [1.29, 1.82) is 0 Å². The summed E-state index contributed by atoms with van der Waals surface area (Å²) < 4.78 is 16.7. The van der Waals surface area contributed by atoms with E-state index in [0.29, 0.717) is 19.3 Å². The topological polar surface area (TPSA) is 78.9 Å². The molecule has 0 aromatic carbocycles. The van der Waals surface area contributed by atoms with E-state index in [1.807, 2.05) is 24.3 Å². The standard InChI is InChI=1S/C65H102O6/c1-4-7-10-13-16-19-22-25-28-30-32-34-37-39-42-45-48-51-54-57-63(66)69-60-62(71-65(68)59-56-53-50-47-44-41-36-27-24-21-18-15-12-9-6-3)61-70-64(67)58-55-52-49-46-43-40-38-35-33-31-29-26-23-20-17-14-11-8-5-2/h7-8,10-11,16-17,19-20,25-26,28-29,32-35,39-40,42-43,48-49,51-52,62H,4-6,9,12-15,18,21-24,27,30-31,36-38,41,44-47,50,53-61H2,1-3H3/b10-7-,11-8-,19-16-,20-17-,28-25-,29-26-,34-32-,35-33-,42-39-,43-40-,51-48-,52-49-. The van der Waals surface area contributed by atoms with Gasteiger partial charge in [0.25, 0.3) is 0 Å². The van der Waals surface area contributed by atoms with Crippen molar-refractivity contribution < 1.29 is 28.6 Å². The Bertz CT molecular complexity index is 1500. The number of hydrogen-bond acceptors (Lipinski definition) is 6. The molecule has 398 valence electrons. The van der Waals surface area contributed by atoms with E-state index in [1.54, 1.807) is 0 Å². The lowest BCUT2D eigenvalue weighted by Crippen LogP contribution is -2.30. The van der Waals surface area contributed by atoms with Crippen LogP contribution in [0.15, 0.2) is 146 Å². The van der Waals surface area contributed by atoms with Gasteiger partial charge in [0, 0.05) is 19.3 Å². The quantitative estimate of drug-likeness (QED) is 0.0262. The molecule has 0 spiro atoms. The summed E-state index contributed by atoms with van der Waals surface area (Å²) in [4.78, 5) is 38.1. The average Bonchev–Trinajstić information content (AvgIpc) is 3.37. The Kier molecular flexibility index (Phi) is 54.0. The minimum absolute atomic E-state index is 0.145. The first-order valence-electron chi connectivity index (χ1n) is 28.3. The van der Waals surface area contributed by atoms with E-state index in [9.17, 15) is 14.4 Å². The zero-order valence-corrected chi connectivity index (χ0v) is 45.4. The molecule has 71 heavy (non-hydrogen) atoms. The molecule has 6 heteroatoms. The molecule has 0 saturated carbocycles. The van der Waals surface area contributed by atoms with Crippen molar-refractivity contribution >= 4 is 17.9 Å². The molecule has 0 N–H and O–H groups in total. The molecule has 0 heterocycles. The smallest absolute Gasteiger partial charge is 0.306 e. The van der Waals surface area contributed by atoms with E-state index in [2.05, 4.69) is 142 Å². The van der Waals surface area contributed by atoms with E-state index in [1.165, 1.54) is 77.0 Å². The SMILES string of the molecule is CC/C=C\C/C=C\C/C=C\C/C=C\C/C=C\C/C=C\CCC(=O)OCC(COC(=O)CC/C=C\C/C=C\C/C=C\C/C=C\C/C=C\C/C=C\CC)OC(=O)CCCCCCCCCCCCCCCCC. The molecule has 0 aliphatic rings. The second kappa shape index (κ2) is 57.9. The Hall–Kier alpha value is -4.71. The molecule has 6 nitrogen and oxygen atoms in total. The lowest BCUT2D eigenvalue weighted by molar-refractivity contribution is -0.166. The van der Waals surface area contributed by atoms with E-state index >= 15 is 0 Å². The van der Waals surface area contributed by atoms with Crippen molar-refractivity contribution in [2.75, 3.05) is 13.2 Å². The summed E-state index contributed by atoms with van der Waals surface area (Å²) in [6, 6.07) is 0. The number of rotatable bonds is 49. The molecule has 0 aromatic heterocycles. The number of unbranched alkanes of at least 4 members (excludes halogenated alkanes) is 14. The highest BCUT2D eigenvalue weighted by molar-refractivity contribution is 5.71. The van der Waals surface area contributed by atoms with Gasteiger partial charge in [-0.05, 0) is 96.3 Å². The van der Waals surface area contributed by atoms with E-state index in [0.717, 1.165) is 96.3 Å². The first kappa shape index (κ1) is 66.3. The molecule has 0 amide bonds. The van der Waals surface area contributed by atoms with Gasteiger partial charge in [0.15, 0.2) is 6.10 Å². The Morgan fingerprint density at radius 1 is 0.296 bits per heavy atom. The highest BCUT2D eigenvalue weighted by atomic mass is 16.6. The van der Waals surface area contributed by atoms with Crippen molar-refractivity contribution in [1.82, 2.24) is 0 Å². The zero-order chi connectivity index (χ0) is 51.4. The van der Waals surface area contributed by atoms with Crippen molar-refractivity contribution in [2.45, 2.75) is 232 Å². The van der Waals surface area contributed by atoms with Crippen LogP contribution in [0.1, 0.15) is 226 Å². The third-order valence-corrected chi connectivity index (χ3v) is 11.4. The average molecular weight is 980 g/mol. The summed E-state index contributed by atoms with van der Waals surface area (Å²) in [6.07, 6.45) is 82.9. The van der Waals surface area contributed by atoms with Crippen LogP contribution in [-0.2, 0) is 28.6 Å². The summed E-state index contributed by atoms with van der Waals surface area (Å²) in [6.45, 7) is 6.27. The number of esters is 3. The molecule has 0 aliphatic heterocycles. The van der Waals surface area contributed by atoms with Gasteiger partial charge in [0.2, 0.25) is 0 Å². The van der Waals surface area contributed by atoms with Crippen molar-refractivity contribution in [2.24, 2.45) is 0 Å². The molecular formula is C65H102O6. The van der Waals surface area contributed by atoms with Crippen LogP contribution >= 0.6 is 0 Å². The lowest BCUT2D eigenvalue weighted by Gasteiger charge is -2.18. The molecule has 0 aromatic rings. The summed E-state index contributed by atoms with van der Waals surface area (Å²) >= 11 is 0. The fourth-order valence-electron chi connectivity index (χ4n) is 7.20. The number of carbonyl (C=O) groups excluding carboxylic acids is 3. The molecule has 0 atom stereocenters. The van der Waals surface area contributed by atoms with Crippen molar-refractivity contribution in [3.05, 3.63) is 146 Å². The van der Waals surface area contributed by atoms with Gasteiger partial charge in [0.1, 0.15) is 13.2 Å². The molecule has 0 saturated heterocycles. The molecular weight excluding hydrogens is 877 g/mol. The normalized spacial score (nSPS) is 12.8. The lowest BCUT2D eigenvalue weighted by atomic mass is 10.0. The summed E-state index contributed by atoms with van der Waals surface area (Å²) in [7, 11) is 0. The highest BCUT2D eigenvalue weighted by Gasteiger charge is 2.19. The maximum atomic E-state index is 12.8. The van der Waals surface area contributed by atoms with E-state index < -0.39 is 6.10 Å². The van der Waals surface area contributed by atoms with Crippen LogP contribution in [0.2, 0.25) is 0 Å². The fourth-order valence-corrected chi connectivity index (χ4v) is 7.20. The first-order valence-corrected chi connectivity index (χ1v) is 28.3. The largest absolute Gasteiger partial charge is 0.462 e. The van der Waals surface area contributed by atoms with Gasteiger partial charge >= 0.3 is 17.9 Å². The maximum absolute atomic E-state index is 12.8. The maximum Gasteiger partial charge on any atom is 0.306 e. The second-order valence-corrected chi connectivity index (χ2v) is 18.1. The summed E-state index contributed by atoms with van der Waals surface area (Å²) in [5.41, 5.74) is 0.